The minimum atomic E-state index is -0.502. The van der Waals surface area contributed by atoms with Gasteiger partial charge >= 0.3 is 6.09 Å². The van der Waals surface area contributed by atoms with Crippen LogP contribution in [0.1, 0.15) is 65.5 Å². The topological polar surface area (TPSA) is 50.4 Å². The molecule has 0 spiro atoms. The lowest BCUT2D eigenvalue weighted by Crippen LogP contribution is -2.43. The molecule has 0 saturated heterocycles. The summed E-state index contributed by atoms with van der Waals surface area (Å²) in [5, 5.41) is 6.40. The van der Waals surface area contributed by atoms with Gasteiger partial charge in [0.1, 0.15) is 11.4 Å². The van der Waals surface area contributed by atoms with Crippen molar-refractivity contribution < 1.29 is 13.9 Å². The molecule has 0 aromatic heterocycles. The number of hydrogen-bond acceptors (Lipinski definition) is 3. The number of hydrogen-bond donors (Lipinski definition) is 2. The number of ether oxygens (including phenoxy) is 1. The van der Waals surface area contributed by atoms with Crippen molar-refractivity contribution in [1.29, 1.82) is 0 Å². The van der Waals surface area contributed by atoms with Crippen LogP contribution in [0.4, 0.5) is 9.18 Å². The minimum Gasteiger partial charge on any atom is -0.444 e. The number of benzene rings is 1. The first kappa shape index (κ1) is 20.4. The van der Waals surface area contributed by atoms with Crippen LogP contribution >= 0.6 is 0 Å². The molecule has 0 saturated carbocycles. The summed E-state index contributed by atoms with van der Waals surface area (Å²) in [5.74, 6) is -0.231. The summed E-state index contributed by atoms with van der Waals surface area (Å²) < 4.78 is 18.4. The van der Waals surface area contributed by atoms with E-state index in [1.54, 1.807) is 12.1 Å². The van der Waals surface area contributed by atoms with Crippen molar-refractivity contribution >= 4 is 6.09 Å². The number of alkyl carbamates (subject to hydrolysis) is 1. The molecule has 0 bridgehead atoms. The quantitative estimate of drug-likeness (QED) is 0.730. The zero-order valence-electron chi connectivity index (χ0n) is 15.5. The van der Waals surface area contributed by atoms with E-state index < -0.39 is 11.7 Å². The van der Waals surface area contributed by atoms with Crippen molar-refractivity contribution in [3.63, 3.8) is 0 Å². The van der Waals surface area contributed by atoms with Crippen LogP contribution < -0.4 is 10.6 Å². The zero-order valence-corrected chi connectivity index (χ0v) is 15.5. The Morgan fingerprint density at radius 2 is 1.83 bits per heavy atom. The van der Waals surface area contributed by atoms with E-state index in [-0.39, 0.29) is 17.9 Å². The molecule has 1 amide bonds. The van der Waals surface area contributed by atoms with E-state index in [1.807, 2.05) is 20.8 Å². The van der Waals surface area contributed by atoms with E-state index in [4.69, 9.17) is 4.74 Å². The Labute approximate surface area is 145 Å². The smallest absolute Gasteiger partial charge is 0.407 e. The second-order valence-corrected chi connectivity index (χ2v) is 7.05. The normalized spacial score (nSPS) is 14.1. The molecule has 0 aliphatic rings. The fourth-order valence-corrected chi connectivity index (χ4v) is 2.54. The van der Waals surface area contributed by atoms with Gasteiger partial charge in [-0.2, -0.15) is 0 Å². The molecule has 0 radical (unpaired) electrons. The predicted octanol–water partition coefficient (Wildman–Crippen LogP) is 4.56. The molecule has 1 rings (SSSR count). The highest BCUT2D eigenvalue weighted by atomic mass is 19.1. The first-order valence-corrected chi connectivity index (χ1v) is 8.73. The van der Waals surface area contributed by atoms with E-state index in [2.05, 4.69) is 24.5 Å². The average molecular weight is 338 g/mol. The van der Waals surface area contributed by atoms with Gasteiger partial charge in [0.25, 0.3) is 0 Å². The summed E-state index contributed by atoms with van der Waals surface area (Å²) in [4.78, 5) is 11.8. The number of halogens is 1. The molecular formula is C19H31FN2O2. The standard InChI is InChI=1S/C19H31FN2O2/c1-6-8-16(13-21-18(23)24-19(3,4)5)22-17(7-2)14-9-11-15(20)12-10-14/h9-12,16-17,22H,6-8,13H2,1-5H3,(H,21,23). The summed E-state index contributed by atoms with van der Waals surface area (Å²) >= 11 is 0. The first-order chi connectivity index (χ1) is 11.2. The lowest BCUT2D eigenvalue weighted by atomic mass is 10.0. The molecule has 1 aromatic carbocycles. The summed E-state index contributed by atoms with van der Waals surface area (Å²) in [5.41, 5.74) is 0.551. The Kier molecular flexibility index (Phi) is 8.19. The van der Waals surface area contributed by atoms with Crippen LogP contribution in [-0.4, -0.2) is 24.3 Å². The molecule has 5 heteroatoms. The van der Waals surface area contributed by atoms with Gasteiger partial charge < -0.3 is 15.4 Å². The van der Waals surface area contributed by atoms with Gasteiger partial charge in [-0.3, -0.25) is 0 Å². The van der Waals surface area contributed by atoms with Gasteiger partial charge in [-0.15, -0.1) is 0 Å². The first-order valence-electron chi connectivity index (χ1n) is 8.73. The van der Waals surface area contributed by atoms with Crippen LogP contribution in [0.5, 0.6) is 0 Å². The summed E-state index contributed by atoms with van der Waals surface area (Å²) in [6.07, 6.45) is 2.43. The molecule has 24 heavy (non-hydrogen) atoms. The molecule has 0 fully saturated rings. The van der Waals surface area contributed by atoms with Crippen molar-refractivity contribution in [2.24, 2.45) is 0 Å². The van der Waals surface area contributed by atoms with Crippen molar-refractivity contribution in [1.82, 2.24) is 10.6 Å². The summed E-state index contributed by atoms with van der Waals surface area (Å²) in [7, 11) is 0. The Balaban J connectivity index is 2.63. The van der Waals surface area contributed by atoms with E-state index in [0.29, 0.717) is 6.54 Å². The zero-order chi connectivity index (χ0) is 18.2. The van der Waals surface area contributed by atoms with Crippen LogP contribution in [0, 0.1) is 5.82 Å². The third kappa shape index (κ3) is 7.77. The van der Waals surface area contributed by atoms with Crippen molar-refractivity contribution in [3.05, 3.63) is 35.6 Å². The Hall–Kier alpha value is -1.62. The molecule has 2 unspecified atom stereocenters. The van der Waals surface area contributed by atoms with Gasteiger partial charge in [0.2, 0.25) is 0 Å². The number of nitrogens with one attached hydrogen (secondary N) is 2. The SMILES string of the molecule is CCCC(CNC(=O)OC(C)(C)C)NC(CC)c1ccc(F)cc1. The van der Waals surface area contributed by atoms with Crippen molar-refractivity contribution in [2.45, 2.75) is 71.6 Å². The fraction of sp³-hybridized carbons (Fsp3) is 0.632. The van der Waals surface area contributed by atoms with E-state index in [9.17, 15) is 9.18 Å². The highest BCUT2D eigenvalue weighted by molar-refractivity contribution is 5.67. The Bertz CT molecular complexity index is 497. The second kappa shape index (κ2) is 9.62. The molecule has 0 aliphatic carbocycles. The van der Waals surface area contributed by atoms with Gasteiger partial charge in [-0.25, -0.2) is 9.18 Å². The molecule has 4 nitrogen and oxygen atoms in total. The fourth-order valence-electron chi connectivity index (χ4n) is 2.54. The maximum absolute atomic E-state index is 13.1. The molecule has 0 aliphatic heterocycles. The molecule has 0 heterocycles. The van der Waals surface area contributed by atoms with Crippen LogP contribution in [0.3, 0.4) is 0 Å². The lowest BCUT2D eigenvalue weighted by molar-refractivity contribution is 0.0521. The van der Waals surface area contributed by atoms with Gasteiger partial charge in [-0.05, 0) is 51.3 Å². The molecule has 2 N–H and O–H groups in total. The van der Waals surface area contributed by atoms with Gasteiger partial charge in [0.05, 0.1) is 0 Å². The molecule has 2 atom stereocenters. The Morgan fingerprint density at radius 3 is 2.33 bits per heavy atom. The average Bonchev–Trinajstić information content (AvgIpc) is 2.49. The van der Waals surface area contributed by atoms with Crippen LogP contribution in [-0.2, 0) is 4.74 Å². The number of carbonyl (C=O) groups excluding carboxylic acids is 1. The molecular weight excluding hydrogens is 307 g/mol. The maximum Gasteiger partial charge on any atom is 0.407 e. The van der Waals surface area contributed by atoms with Crippen LogP contribution in [0.15, 0.2) is 24.3 Å². The van der Waals surface area contributed by atoms with Crippen LogP contribution in [0.25, 0.3) is 0 Å². The van der Waals surface area contributed by atoms with E-state index in [1.165, 1.54) is 12.1 Å². The minimum absolute atomic E-state index is 0.127. The lowest BCUT2D eigenvalue weighted by Gasteiger charge is -2.26. The summed E-state index contributed by atoms with van der Waals surface area (Å²) in [6.45, 7) is 10.2. The van der Waals surface area contributed by atoms with E-state index >= 15 is 0 Å². The van der Waals surface area contributed by atoms with Crippen LogP contribution in [0.2, 0.25) is 0 Å². The van der Waals surface area contributed by atoms with E-state index in [0.717, 1.165) is 24.8 Å². The van der Waals surface area contributed by atoms with Gasteiger partial charge in [0, 0.05) is 18.6 Å². The largest absolute Gasteiger partial charge is 0.444 e. The monoisotopic (exact) mass is 338 g/mol. The molecule has 136 valence electrons. The predicted molar refractivity (Wildman–Crippen MR) is 95.5 cm³/mol. The number of amides is 1. The Morgan fingerprint density at radius 1 is 1.21 bits per heavy atom. The third-order valence-electron chi connectivity index (χ3n) is 3.65. The highest BCUT2D eigenvalue weighted by Gasteiger charge is 2.19. The van der Waals surface area contributed by atoms with Gasteiger partial charge in [-0.1, -0.05) is 32.4 Å². The third-order valence-corrected chi connectivity index (χ3v) is 3.65. The highest BCUT2D eigenvalue weighted by Crippen LogP contribution is 2.18. The second-order valence-electron chi connectivity index (χ2n) is 7.05. The maximum atomic E-state index is 13.1. The summed E-state index contributed by atoms with van der Waals surface area (Å²) in [6, 6.07) is 6.84. The number of rotatable bonds is 8. The van der Waals surface area contributed by atoms with Crippen molar-refractivity contribution in [2.75, 3.05) is 6.54 Å². The van der Waals surface area contributed by atoms with Crippen molar-refractivity contribution in [3.8, 4) is 0 Å². The molecule has 1 aromatic rings. The number of carbonyl (C=O) groups is 1. The van der Waals surface area contributed by atoms with Gasteiger partial charge in [0.15, 0.2) is 0 Å².